The van der Waals surface area contributed by atoms with E-state index in [0.717, 1.165) is 0 Å². The Hall–Kier alpha value is -2.68. The van der Waals surface area contributed by atoms with Gasteiger partial charge in [0.2, 0.25) is 10.0 Å². The molecule has 3 rings (SSSR count). The molecule has 0 bridgehead atoms. The van der Waals surface area contributed by atoms with Gasteiger partial charge in [0.05, 0.1) is 22.8 Å². The molecule has 3 aromatic rings. The molecule has 7 nitrogen and oxygen atoms in total. The number of nitrogens with one attached hydrogen (secondary N) is 1. The van der Waals surface area contributed by atoms with Crippen molar-refractivity contribution < 1.29 is 18.6 Å². The molecule has 0 fully saturated rings. The lowest BCUT2D eigenvalue weighted by Crippen LogP contribution is -2.11. The summed E-state index contributed by atoms with van der Waals surface area (Å²) in [4.78, 5) is 7.06. The number of H-pyrrole nitrogens is 1. The van der Waals surface area contributed by atoms with Gasteiger partial charge in [-0.15, -0.1) is 0 Å². The van der Waals surface area contributed by atoms with Gasteiger partial charge in [-0.25, -0.2) is 13.6 Å². The van der Waals surface area contributed by atoms with Gasteiger partial charge >= 0.3 is 0 Å². The Kier molecular flexibility index (Phi) is 4.10. The van der Waals surface area contributed by atoms with E-state index in [1.807, 2.05) is 0 Å². The number of hydrogen-bond acceptors (Lipinski definition) is 5. The van der Waals surface area contributed by atoms with Gasteiger partial charge in [0, 0.05) is 17.1 Å². The number of nitrogens with two attached hydrogens (primary N) is 1. The second kappa shape index (κ2) is 6.08. The van der Waals surface area contributed by atoms with Crippen LogP contribution in [0.25, 0.3) is 10.9 Å². The number of aliphatic imine (C=N–C) groups is 1. The van der Waals surface area contributed by atoms with Crippen LogP contribution in [0.3, 0.4) is 0 Å². The van der Waals surface area contributed by atoms with Gasteiger partial charge in [0.15, 0.2) is 5.88 Å². The van der Waals surface area contributed by atoms with Crippen molar-refractivity contribution in [3.8, 4) is 5.88 Å². The Morgan fingerprint density at radius 2 is 1.88 bits per heavy atom. The number of primary sulfonamides is 1. The molecule has 0 aliphatic carbocycles. The monoisotopic (exact) mass is 345 g/mol. The largest absolute Gasteiger partial charge is 0.494 e. The highest BCUT2D eigenvalue weighted by Gasteiger charge is 2.12. The van der Waals surface area contributed by atoms with Gasteiger partial charge in [-0.2, -0.15) is 0 Å². The lowest BCUT2D eigenvalue weighted by Gasteiger charge is -2.01. The fraction of sp³-hybridized carbons (Fsp3) is 0.0625. The highest BCUT2D eigenvalue weighted by Crippen LogP contribution is 2.29. The fourth-order valence-electron chi connectivity index (χ4n) is 2.45. The molecule has 0 unspecified atom stereocenters. The maximum absolute atomic E-state index is 11.2. The summed E-state index contributed by atoms with van der Waals surface area (Å²) in [7, 11) is -3.75. The number of aromatic nitrogens is 1. The SMILES string of the molecule is NS(=O)(=O)c1ccc(N=Cc2c(O)[nH]c3cccc(CO)c23)cc1. The van der Waals surface area contributed by atoms with Crippen LogP contribution in [-0.4, -0.2) is 29.8 Å². The topological polar surface area (TPSA) is 129 Å². The van der Waals surface area contributed by atoms with Gasteiger partial charge in [0.1, 0.15) is 0 Å². The summed E-state index contributed by atoms with van der Waals surface area (Å²) < 4.78 is 22.5. The van der Waals surface area contributed by atoms with E-state index in [0.29, 0.717) is 27.7 Å². The first-order chi connectivity index (χ1) is 11.4. The Balaban J connectivity index is 2.01. The van der Waals surface area contributed by atoms with Crippen LogP contribution in [-0.2, 0) is 16.6 Å². The predicted molar refractivity (Wildman–Crippen MR) is 91.0 cm³/mol. The molecule has 0 aliphatic heterocycles. The molecule has 1 heterocycles. The standard InChI is InChI=1S/C16H15N3O4S/c17-24(22,23)12-6-4-11(5-7-12)18-8-13-15-10(9-20)2-1-3-14(15)19-16(13)21/h1-8,19-21H,9H2,(H2,17,22,23). The Bertz CT molecular complexity index is 1020. The predicted octanol–water partition coefficient (Wildman–Crippen LogP) is 1.76. The zero-order valence-corrected chi connectivity index (χ0v) is 13.3. The quantitative estimate of drug-likeness (QED) is 0.537. The molecular weight excluding hydrogens is 330 g/mol. The first kappa shape index (κ1) is 16.2. The molecule has 0 saturated carbocycles. The normalized spacial score (nSPS) is 12.2. The number of nitrogens with zero attached hydrogens (tertiary/aromatic N) is 1. The minimum absolute atomic E-state index is 0.000965. The smallest absolute Gasteiger partial charge is 0.238 e. The minimum Gasteiger partial charge on any atom is -0.494 e. The van der Waals surface area contributed by atoms with Crippen LogP contribution in [0.15, 0.2) is 52.4 Å². The van der Waals surface area contributed by atoms with E-state index in [-0.39, 0.29) is 17.4 Å². The summed E-state index contributed by atoms with van der Waals surface area (Å²) in [6.45, 7) is -0.168. The van der Waals surface area contributed by atoms with Gasteiger partial charge < -0.3 is 15.2 Å². The molecule has 2 aromatic carbocycles. The van der Waals surface area contributed by atoms with Crippen molar-refractivity contribution in [3.05, 3.63) is 53.6 Å². The van der Waals surface area contributed by atoms with Crippen molar-refractivity contribution in [1.29, 1.82) is 0 Å². The number of sulfonamides is 1. The first-order valence-electron chi connectivity index (χ1n) is 7.00. The summed E-state index contributed by atoms with van der Waals surface area (Å²) in [5, 5.41) is 25.2. The Labute approximate surface area is 138 Å². The highest BCUT2D eigenvalue weighted by atomic mass is 32.2. The third-order valence-corrected chi connectivity index (χ3v) is 4.54. The second-order valence-electron chi connectivity index (χ2n) is 5.18. The van der Waals surface area contributed by atoms with Crippen LogP contribution in [0, 0.1) is 0 Å². The van der Waals surface area contributed by atoms with Crippen molar-refractivity contribution in [2.45, 2.75) is 11.5 Å². The molecule has 124 valence electrons. The van der Waals surface area contributed by atoms with E-state index in [2.05, 4.69) is 9.98 Å². The molecule has 0 saturated heterocycles. The molecule has 8 heteroatoms. The van der Waals surface area contributed by atoms with Crippen LogP contribution in [0.5, 0.6) is 5.88 Å². The third kappa shape index (κ3) is 3.02. The molecule has 24 heavy (non-hydrogen) atoms. The van der Waals surface area contributed by atoms with Crippen LogP contribution in [0.4, 0.5) is 5.69 Å². The van der Waals surface area contributed by atoms with E-state index in [4.69, 9.17) is 5.14 Å². The maximum atomic E-state index is 11.2. The van der Waals surface area contributed by atoms with Gasteiger partial charge in [0.25, 0.3) is 0 Å². The molecule has 0 atom stereocenters. The number of aliphatic hydroxyl groups excluding tert-OH is 1. The number of benzene rings is 2. The summed E-state index contributed by atoms with van der Waals surface area (Å²) in [6.07, 6.45) is 1.46. The number of aromatic amines is 1. The van der Waals surface area contributed by atoms with E-state index >= 15 is 0 Å². The van der Waals surface area contributed by atoms with Crippen molar-refractivity contribution in [2.75, 3.05) is 0 Å². The van der Waals surface area contributed by atoms with E-state index < -0.39 is 10.0 Å². The molecule has 0 aliphatic rings. The second-order valence-corrected chi connectivity index (χ2v) is 6.74. The van der Waals surface area contributed by atoms with E-state index in [1.54, 1.807) is 18.2 Å². The van der Waals surface area contributed by atoms with E-state index in [1.165, 1.54) is 30.5 Å². The summed E-state index contributed by atoms with van der Waals surface area (Å²) in [6, 6.07) is 11.0. The Morgan fingerprint density at radius 1 is 1.17 bits per heavy atom. The van der Waals surface area contributed by atoms with Crippen LogP contribution >= 0.6 is 0 Å². The van der Waals surface area contributed by atoms with Crippen molar-refractivity contribution in [3.63, 3.8) is 0 Å². The summed E-state index contributed by atoms with van der Waals surface area (Å²) >= 11 is 0. The number of rotatable bonds is 4. The number of aromatic hydroxyl groups is 1. The van der Waals surface area contributed by atoms with Crippen molar-refractivity contribution in [2.24, 2.45) is 10.1 Å². The van der Waals surface area contributed by atoms with Crippen molar-refractivity contribution in [1.82, 2.24) is 4.98 Å². The number of hydrogen-bond donors (Lipinski definition) is 4. The van der Waals surface area contributed by atoms with Crippen LogP contribution in [0.2, 0.25) is 0 Å². The first-order valence-corrected chi connectivity index (χ1v) is 8.55. The Morgan fingerprint density at radius 3 is 2.50 bits per heavy atom. The van der Waals surface area contributed by atoms with E-state index in [9.17, 15) is 18.6 Å². The zero-order valence-electron chi connectivity index (χ0n) is 12.5. The minimum atomic E-state index is -3.75. The number of fused-ring (bicyclic) bond motifs is 1. The molecule has 5 N–H and O–H groups in total. The third-order valence-electron chi connectivity index (χ3n) is 3.61. The van der Waals surface area contributed by atoms with Gasteiger partial charge in [-0.05, 0) is 35.9 Å². The lowest BCUT2D eigenvalue weighted by molar-refractivity contribution is 0.283. The molecular formula is C16H15N3O4S. The average molecular weight is 345 g/mol. The molecule has 0 spiro atoms. The number of aliphatic hydroxyl groups is 1. The lowest BCUT2D eigenvalue weighted by atomic mass is 10.1. The fourth-order valence-corrected chi connectivity index (χ4v) is 2.97. The average Bonchev–Trinajstić information content (AvgIpc) is 2.87. The summed E-state index contributed by atoms with van der Waals surface area (Å²) in [5.41, 5.74) is 2.29. The molecule has 0 amide bonds. The molecule has 1 aromatic heterocycles. The van der Waals surface area contributed by atoms with Gasteiger partial charge in [-0.3, -0.25) is 4.99 Å². The highest BCUT2D eigenvalue weighted by molar-refractivity contribution is 7.89. The molecule has 0 radical (unpaired) electrons. The zero-order chi connectivity index (χ0) is 17.3. The summed E-state index contributed by atoms with van der Waals surface area (Å²) in [5.74, 6) is -0.0594. The van der Waals surface area contributed by atoms with Crippen molar-refractivity contribution >= 4 is 32.8 Å². The van der Waals surface area contributed by atoms with Crippen LogP contribution < -0.4 is 5.14 Å². The van der Waals surface area contributed by atoms with Crippen LogP contribution in [0.1, 0.15) is 11.1 Å². The maximum Gasteiger partial charge on any atom is 0.238 e. The van der Waals surface area contributed by atoms with Gasteiger partial charge in [-0.1, -0.05) is 12.1 Å².